The zero-order valence-electron chi connectivity index (χ0n) is 18.1. The van der Waals surface area contributed by atoms with Crippen LogP contribution in [0.5, 0.6) is 23.0 Å². The number of amides is 1. The van der Waals surface area contributed by atoms with E-state index in [9.17, 15) is 4.79 Å². The van der Waals surface area contributed by atoms with Crippen molar-refractivity contribution in [1.82, 2.24) is 4.90 Å². The van der Waals surface area contributed by atoms with Crippen LogP contribution in [0.1, 0.15) is 27.6 Å². The summed E-state index contributed by atoms with van der Waals surface area (Å²) in [4.78, 5) is 16.6. The minimum Gasteiger partial charge on any atom is -0.493 e. The minimum absolute atomic E-state index is 0.0838. The molecule has 0 unspecified atom stereocenters. The molecule has 0 saturated carbocycles. The number of carbonyl (C=O) groups excluding carboxylic acids is 1. The van der Waals surface area contributed by atoms with E-state index in [0.29, 0.717) is 43.4 Å². The normalized spacial score (nSPS) is 16.9. The zero-order valence-corrected chi connectivity index (χ0v) is 18.9. The maximum atomic E-state index is 13.5. The first-order valence-corrected chi connectivity index (χ1v) is 11.5. The molecule has 0 bridgehead atoms. The van der Waals surface area contributed by atoms with E-state index in [0.717, 1.165) is 28.2 Å². The highest BCUT2D eigenvalue weighted by molar-refractivity contribution is 7.10. The molecule has 0 fully saturated rings. The number of hydrogen-bond acceptors (Lipinski definition) is 6. The van der Waals surface area contributed by atoms with Gasteiger partial charge in [0.15, 0.2) is 23.0 Å². The molecule has 7 heteroatoms. The maximum absolute atomic E-state index is 13.5. The minimum atomic E-state index is -0.150. The number of methoxy groups -OCH3 is 2. The molecule has 32 heavy (non-hydrogen) atoms. The Morgan fingerprint density at radius 1 is 1.06 bits per heavy atom. The number of rotatable bonds is 5. The summed E-state index contributed by atoms with van der Waals surface area (Å²) in [7, 11) is 3.28. The first-order chi connectivity index (χ1) is 15.7. The van der Waals surface area contributed by atoms with E-state index in [4.69, 9.17) is 18.9 Å². The highest BCUT2D eigenvalue weighted by atomic mass is 32.1. The average Bonchev–Trinajstić information content (AvgIpc) is 3.36. The van der Waals surface area contributed by atoms with Crippen LogP contribution >= 0.6 is 11.3 Å². The SMILES string of the molecule is COc1cc2c(cc1OC)[C@@H](c1cccs1)N(C(=O)Cc1ccc3c(c1)OCCO3)CC2. The second-order valence-corrected chi connectivity index (χ2v) is 8.80. The van der Waals surface area contributed by atoms with E-state index in [2.05, 4.69) is 6.07 Å². The molecule has 0 aliphatic carbocycles. The standard InChI is InChI=1S/C25H25NO5S/c1-28-20-14-17-7-8-26(25(23-4-3-11-32-23)18(17)15-21(20)29-2)24(27)13-16-5-6-19-22(12-16)31-10-9-30-19/h3-6,11-12,14-15,25H,7-10,13H2,1-2H3/t25-/m0/s1. The summed E-state index contributed by atoms with van der Waals surface area (Å²) < 4.78 is 22.4. The monoisotopic (exact) mass is 451 g/mol. The molecule has 2 aliphatic heterocycles. The van der Waals surface area contributed by atoms with Crippen LogP contribution in [0.4, 0.5) is 0 Å². The molecule has 1 aromatic heterocycles. The Morgan fingerprint density at radius 3 is 2.59 bits per heavy atom. The van der Waals surface area contributed by atoms with Gasteiger partial charge in [0.2, 0.25) is 5.91 Å². The molecule has 3 heterocycles. The summed E-state index contributed by atoms with van der Waals surface area (Å²) in [5, 5.41) is 2.05. The predicted molar refractivity (Wildman–Crippen MR) is 122 cm³/mol. The van der Waals surface area contributed by atoms with Gasteiger partial charge in [-0.05, 0) is 58.8 Å². The zero-order chi connectivity index (χ0) is 22.1. The molecule has 0 N–H and O–H groups in total. The van der Waals surface area contributed by atoms with Gasteiger partial charge in [-0.2, -0.15) is 0 Å². The van der Waals surface area contributed by atoms with Crippen molar-refractivity contribution >= 4 is 17.2 Å². The van der Waals surface area contributed by atoms with Gasteiger partial charge in [-0.3, -0.25) is 4.79 Å². The quantitative estimate of drug-likeness (QED) is 0.580. The van der Waals surface area contributed by atoms with Gasteiger partial charge in [-0.1, -0.05) is 12.1 Å². The summed E-state index contributed by atoms with van der Waals surface area (Å²) in [6.07, 6.45) is 1.07. The lowest BCUT2D eigenvalue weighted by molar-refractivity contribution is -0.132. The first-order valence-electron chi connectivity index (χ1n) is 10.6. The maximum Gasteiger partial charge on any atom is 0.227 e. The molecule has 1 atom stereocenters. The Bertz CT molecular complexity index is 1130. The van der Waals surface area contributed by atoms with E-state index < -0.39 is 0 Å². The van der Waals surface area contributed by atoms with Gasteiger partial charge in [0.25, 0.3) is 0 Å². The number of benzene rings is 2. The molecule has 0 radical (unpaired) electrons. The van der Waals surface area contributed by atoms with Crippen molar-refractivity contribution in [2.45, 2.75) is 18.9 Å². The number of ether oxygens (including phenoxy) is 4. The van der Waals surface area contributed by atoms with Crippen molar-refractivity contribution < 1.29 is 23.7 Å². The molecule has 1 amide bonds. The second kappa shape index (κ2) is 8.74. The Hall–Kier alpha value is -3.19. The fourth-order valence-electron chi connectivity index (χ4n) is 4.44. The van der Waals surface area contributed by atoms with Crippen molar-refractivity contribution in [3.8, 4) is 23.0 Å². The Kier molecular flexibility index (Phi) is 5.66. The van der Waals surface area contributed by atoms with Crippen molar-refractivity contribution in [3.05, 3.63) is 69.4 Å². The molecule has 166 valence electrons. The Morgan fingerprint density at radius 2 is 1.84 bits per heavy atom. The summed E-state index contributed by atoms with van der Waals surface area (Å²) in [5.74, 6) is 2.91. The third-order valence-corrected chi connectivity index (χ3v) is 6.89. The van der Waals surface area contributed by atoms with Gasteiger partial charge >= 0.3 is 0 Å². The van der Waals surface area contributed by atoms with E-state index in [1.54, 1.807) is 25.6 Å². The first kappa shape index (κ1) is 20.7. The van der Waals surface area contributed by atoms with Gasteiger partial charge in [0.1, 0.15) is 13.2 Å². The van der Waals surface area contributed by atoms with Crippen molar-refractivity contribution in [3.63, 3.8) is 0 Å². The van der Waals surface area contributed by atoms with Crippen molar-refractivity contribution in [1.29, 1.82) is 0 Å². The van der Waals surface area contributed by atoms with E-state index in [-0.39, 0.29) is 11.9 Å². The lowest BCUT2D eigenvalue weighted by atomic mass is 9.90. The Labute approximate surface area is 191 Å². The number of fused-ring (bicyclic) bond motifs is 2. The van der Waals surface area contributed by atoms with Crippen LogP contribution in [0.15, 0.2) is 47.8 Å². The van der Waals surface area contributed by atoms with E-state index in [1.807, 2.05) is 46.7 Å². The van der Waals surface area contributed by atoms with Crippen LogP contribution in [-0.4, -0.2) is 44.8 Å². The average molecular weight is 452 g/mol. The van der Waals surface area contributed by atoms with Crippen molar-refractivity contribution in [2.75, 3.05) is 34.0 Å². The van der Waals surface area contributed by atoms with Crippen LogP contribution in [0, 0.1) is 0 Å². The largest absolute Gasteiger partial charge is 0.493 e. The number of nitrogens with zero attached hydrogens (tertiary/aromatic N) is 1. The third kappa shape index (κ3) is 3.77. The third-order valence-electron chi connectivity index (χ3n) is 5.97. The molecule has 5 rings (SSSR count). The molecular weight excluding hydrogens is 426 g/mol. The molecule has 3 aromatic rings. The predicted octanol–water partition coefficient (Wildman–Crippen LogP) is 4.25. The second-order valence-electron chi connectivity index (χ2n) is 7.82. The van der Waals surface area contributed by atoms with Crippen LogP contribution < -0.4 is 18.9 Å². The topological polar surface area (TPSA) is 57.2 Å². The van der Waals surface area contributed by atoms with Crippen LogP contribution in [0.2, 0.25) is 0 Å². The fourth-order valence-corrected chi connectivity index (χ4v) is 5.30. The summed E-state index contributed by atoms with van der Waals surface area (Å²) in [6.45, 7) is 1.72. The smallest absolute Gasteiger partial charge is 0.227 e. The van der Waals surface area contributed by atoms with Crippen LogP contribution in [0.3, 0.4) is 0 Å². The van der Waals surface area contributed by atoms with Gasteiger partial charge in [0, 0.05) is 11.4 Å². The molecular formula is C25H25NO5S. The van der Waals surface area contributed by atoms with Crippen molar-refractivity contribution in [2.24, 2.45) is 0 Å². The van der Waals surface area contributed by atoms with Gasteiger partial charge in [0.05, 0.1) is 26.7 Å². The number of thiophene rings is 1. The molecule has 0 spiro atoms. The highest BCUT2D eigenvalue weighted by Crippen LogP contribution is 2.42. The molecule has 0 saturated heterocycles. The molecule has 2 aromatic carbocycles. The molecule has 6 nitrogen and oxygen atoms in total. The summed E-state index contributed by atoms with van der Waals surface area (Å²) in [6, 6.07) is 13.8. The summed E-state index contributed by atoms with van der Waals surface area (Å²) >= 11 is 1.66. The van der Waals surface area contributed by atoms with Crippen LogP contribution in [0.25, 0.3) is 0 Å². The summed E-state index contributed by atoms with van der Waals surface area (Å²) in [5.41, 5.74) is 3.19. The van der Waals surface area contributed by atoms with Crippen LogP contribution in [-0.2, 0) is 17.6 Å². The van der Waals surface area contributed by atoms with E-state index >= 15 is 0 Å². The number of carbonyl (C=O) groups is 1. The van der Waals surface area contributed by atoms with Gasteiger partial charge in [-0.15, -0.1) is 11.3 Å². The Balaban J connectivity index is 1.47. The van der Waals surface area contributed by atoms with Gasteiger partial charge in [-0.25, -0.2) is 0 Å². The fraction of sp³-hybridized carbons (Fsp3) is 0.320. The highest BCUT2D eigenvalue weighted by Gasteiger charge is 2.34. The number of hydrogen-bond donors (Lipinski definition) is 0. The van der Waals surface area contributed by atoms with E-state index in [1.165, 1.54) is 5.56 Å². The lowest BCUT2D eigenvalue weighted by Gasteiger charge is -2.37. The molecule has 2 aliphatic rings. The lowest BCUT2D eigenvalue weighted by Crippen LogP contribution is -2.41. The van der Waals surface area contributed by atoms with Gasteiger partial charge < -0.3 is 23.8 Å².